The Kier molecular flexibility index (Phi) is 3.96. The van der Waals surface area contributed by atoms with Gasteiger partial charge in [0.15, 0.2) is 5.82 Å². The van der Waals surface area contributed by atoms with Gasteiger partial charge in [0, 0.05) is 26.2 Å². The number of hydrogen-bond donors (Lipinski definition) is 2. The Hall–Kier alpha value is -1.95. The monoisotopic (exact) mass is 223 g/mol. The second-order valence-corrected chi connectivity index (χ2v) is 3.30. The van der Waals surface area contributed by atoms with Gasteiger partial charge < -0.3 is 15.1 Å². The molecule has 0 fully saturated rings. The van der Waals surface area contributed by atoms with Gasteiger partial charge in [-0.25, -0.2) is 14.8 Å². The molecule has 0 atom stereocenters. The first kappa shape index (κ1) is 12.1. The normalized spacial score (nSPS) is 10.7. The summed E-state index contributed by atoms with van der Waals surface area (Å²) in [5.41, 5.74) is 0.448. The van der Waals surface area contributed by atoms with E-state index in [0.29, 0.717) is 11.5 Å². The van der Waals surface area contributed by atoms with Crippen LogP contribution in [0, 0.1) is 0 Å². The highest BCUT2D eigenvalue weighted by Gasteiger charge is 2.03. The van der Waals surface area contributed by atoms with Gasteiger partial charge in [0.1, 0.15) is 5.82 Å². The molecule has 0 saturated carbocycles. The zero-order chi connectivity index (χ0) is 12.1. The number of carboxylic acid groups (broad SMARTS) is 1. The van der Waals surface area contributed by atoms with Gasteiger partial charge in [-0.15, -0.1) is 0 Å². The summed E-state index contributed by atoms with van der Waals surface area (Å²) in [6, 6.07) is 1.64. The maximum atomic E-state index is 10.3. The van der Waals surface area contributed by atoms with Crippen LogP contribution in [0.25, 0.3) is 6.08 Å². The summed E-state index contributed by atoms with van der Waals surface area (Å²) in [5, 5.41) is 17.5. The summed E-state index contributed by atoms with van der Waals surface area (Å²) >= 11 is 0. The van der Waals surface area contributed by atoms with Crippen LogP contribution in [-0.4, -0.2) is 40.2 Å². The van der Waals surface area contributed by atoms with Crippen molar-refractivity contribution in [2.24, 2.45) is 0 Å². The fourth-order valence-electron chi connectivity index (χ4n) is 1.03. The number of carbonyl (C=O) groups is 1. The molecule has 0 aromatic carbocycles. The molecule has 0 amide bonds. The molecule has 0 spiro atoms. The maximum Gasteiger partial charge on any atom is 0.328 e. The Morgan fingerprint density at radius 2 is 2.19 bits per heavy atom. The number of aromatic nitrogens is 2. The van der Waals surface area contributed by atoms with Crippen LogP contribution < -0.4 is 4.90 Å². The zero-order valence-corrected chi connectivity index (χ0v) is 9.08. The van der Waals surface area contributed by atoms with E-state index in [1.165, 1.54) is 6.08 Å². The molecule has 2 N–H and O–H groups in total. The maximum absolute atomic E-state index is 10.3. The van der Waals surface area contributed by atoms with Crippen LogP contribution in [0.1, 0.15) is 11.5 Å². The summed E-state index contributed by atoms with van der Waals surface area (Å²) in [6.07, 6.45) is 2.24. The number of nitrogens with zero attached hydrogens (tertiary/aromatic N) is 3. The van der Waals surface area contributed by atoms with Crippen molar-refractivity contribution in [3.8, 4) is 0 Å². The van der Waals surface area contributed by atoms with Crippen molar-refractivity contribution in [1.82, 2.24) is 9.97 Å². The number of aliphatic hydroxyl groups is 1. The summed E-state index contributed by atoms with van der Waals surface area (Å²) in [4.78, 5) is 20.2. The lowest BCUT2D eigenvalue weighted by Gasteiger charge is -2.12. The van der Waals surface area contributed by atoms with Gasteiger partial charge in [-0.1, -0.05) is 0 Å². The number of carboxylic acids is 1. The molecule has 0 aliphatic carbocycles. The summed E-state index contributed by atoms with van der Waals surface area (Å²) in [5.74, 6) is -0.189. The van der Waals surface area contributed by atoms with Crippen molar-refractivity contribution in [3.05, 3.63) is 23.7 Å². The molecule has 0 bridgehead atoms. The standard InChI is InChI=1S/C10H13N3O3/c1-13(2)9-5-7(6-14)11-8(12-9)3-4-10(15)16/h3-5,14H,6H2,1-2H3,(H,15,16)/b4-3+. The smallest absolute Gasteiger partial charge is 0.328 e. The minimum Gasteiger partial charge on any atom is -0.478 e. The van der Waals surface area contributed by atoms with Crippen molar-refractivity contribution in [1.29, 1.82) is 0 Å². The minimum absolute atomic E-state index is 0.211. The summed E-state index contributed by atoms with van der Waals surface area (Å²) < 4.78 is 0. The predicted molar refractivity (Wildman–Crippen MR) is 59.0 cm³/mol. The van der Waals surface area contributed by atoms with E-state index in [-0.39, 0.29) is 12.4 Å². The third kappa shape index (κ3) is 3.32. The zero-order valence-electron chi connectivity index (χ0n) is 9.08. The molecular formula is C10H13N3O3. The van der Waals surface area contributed by atoms with E-state index in [2.05, 4.69) is 9.97 Å². The third-order valence-electron chi connectivity index (χ3n) is 1.78. The molecule has 1 aromatic heterocycles. The van der Waals surface area contributed by atoms with E-state index in [9.17, 15) is 4.79 Å². The Labute approximate surface area is 92.9 Å². The molecular weight excluding hydrogens is 210 g/mol. The molecule has 16 heavy (non-hydrogen) atoms. The largest absolute Gasteiger partial charge is 0.478 e. The number of rotatable bonds is 4. The second kappa shape index (κ2) is 5.22. The fraction of sp³-hybridized carbons (Fsp3) is 0.300. The van der Waals surface area contributed by atoms with Gasteiger partial charge in [-0.2, -0.15) is 0 Å². The van der Waals surface area contributed by atoms with Crippen LogP contribution in [0.5, 0.6) is 0 Å². The van der Waals surface area contributed by atoms with E-state index < -0.39 is 5.97 Å². The molecule has 1 heterocycles. The average molecular weight is 223 g/mol. The number of aliphatic carboxylic acids is 1. The van der Waals surface area contributed by atoms with Gasteiger partial charge >= 0.3 is 5.97 Å². The summed E-state index contributed by atoms with van der Waals surface area (Å²) in [6.45, 7) is -0.211. The molecule has 1 aromatic rings. The third-order valence-corrected chi connectivity index (χ3v) is 1.78. The van der Waals surface area contributed by atoms with Crippen molar-refractivity contribution in [3.63, 3.8) is 0 Å². The molecule has 86 valence electrons. The van der Waals surface area contributed by atoms with E-state index in [4.69, 9.17) is 10.2 Å². The minimum atomic E-state index is -1.07. The van der Waals surface area contributed by atoms with Gasteiger partial charge in [0.25, 0.3) is 0 Å². The van der Waals surface area contributed by atoms with Crippen LogP contribution in [0.2, 0.25) is 0 Å². The SMILES string of the molecule is CN(C)c1cc(CO)nc(/C=C/C(=O)O)n1. The van der Waals surface area contributed by atoms with Crippen molar-refractivity contribution in [2.45, 2.75) is 6.61 Å². The van der Waals surface area contributed by atoms with Crippen molar-refractivity contribution in [2.75, 3.05) is 19.0 Å². The lowest BCUT2D eigenvalue weighted by molar-refractivity contribution is -0.131. The molecule has 1 rings (SSSR count). The van der Waals surface area contributed by atoms with Crippen LogP contribution >= 0.6 is 0 Å². The lowest BCUT2D eigenvalue weighted by Crippen LogP contribution is -2.12. The van der Waals surface area contributed by atoms with Crippen LogP contribution in [0.3, 0.4) is 0 Å². The molecule has 6 heteroatoms. The van der Waals surface area contributed by atoms with Crippen LogP contribution in [-0.2, 0) is 11.4 Å². The molecule has 0 unspecified atom stereocenters. The predicted octanol–water partition coefficient (Wildman–Crippen LogP) is 0.133. The van der Waals surface area contributed by atoms with E-state index in [1.807, 2.05) is 0 Å². The second-order valence-electron chi connectivity index (χ2n) is 3.30. The molecule has 0 radical (unpaired) electrons. The van der Waals surface area contributed by atoms with Crippen molar-refractivity contribution >= 4 is 17.9 Å². The number of hydrogen-bond acceptors (Lipinski definition) is 5. The quantitative estimate of drug-likeness (QED) is 0.706. The van der Waals surface area contributed by atoms with Crippen molar-refractivity contribution < 1.29 is 15.0 Å². The van der Waals surface area contributed by atoms with Crippen LogP contribution in [0.15, 0.2) is 12.1 Å². The number of anilines is 1. The average Bonchev–Trinajstić information content (AvgIpc) is 2.25. The van der Waals surface area contributed by atoms with E-state index in [1.54, 1.807) is 25.1 Å². The Bertz CT molecular complexity index is 416. The van der Waals surface area contributed by atoms with Gasteiger partial charge in [0.05, 0.1) is 12.3 Å². The number of aliphatic hydroxyl groups excluding tert-OH is 1. The first-order valence-corrected chi connectivity index (χ1v) is 4.60. The van der Waals surface area contributed by atoms with Gasteiger partial charge in [-0.3, -0.25) is 0 Å². The summed E-state index contributed by atoms with van der Waals surface area (Å²) in [7, 11) is 3.60. The van der Waals surface area contributed by atoms with Gasteiger partial charge in [0.2, 0.25) is 0 Å². The first-order chi connectivity index (χ1) is 7.52. The van der Waals surface area contributed by atoms with Crippen LogP contribution in [0.4, 0.5) is 5.82 Å². The fourth-order valence-corrected chi connectivity index (χ4v) is 1.03. The molecule has 0 aliphatic heterocycles. The highest BCUT2D eigenvalue weighted by molar-refractivity contribution is 5.84. The Morgan fingerprint density at radius 3 is 2.69 bits per heavy atom. The molecule has 0 aliphatic rings. The highest BCUT2D eigenvalue weighted by atomic mass is 16.4. The Balaban J connectivity index is 3.09. The lowest BCUT2D eigenvalue weighted by atomic mass is 10.3. The van der Waals surface area contributed by atoms with E-state index in [0.717, 1.165) is 6.08 Å². The van der Waals surface area contributed by atoms with E-state index >= 15 is 0 Å². The highest BCUT2D eigenvalue weighted by Crippen LogP contribution is 2.10. The van der Waals surface area contributed by atoms with Gasteiger partial charge in [-0.05, 0) is 6.08 Å². The Morgan fingerprint density at radius 1 is 1.50 bits per heavy atom. The molecule has 6 nitrogen and oxygen atoms in total. The molecule has 0 saturated heterocycles. The topological polar surface area (TPSA) is 86.5 Å². The first-order valence-electron chi connectivity index (χ1n) is 4.60.